The molecule has 0 aromatic heterocycles. The van der Waals surface area contributed by atoms with Gasteiger partial charge in [-0.2, -0.15) is 5.10 Å². The summed E-state index contributed by atoms with van der Waals surface area (Å²) in [5, 5.41) is 4.54. The van der Waals surface area contributed by atoms with Gasteiger partial charge in [-0.1, -0.05) is 23.7 Å². The fourth-order valence-corrected chi connectivity index (χ4v) is 3.47. The van der Waals surface area contributed by atoms with Crippen molar-refractivity contribution in [3.8, 4) is 11.5 Å². The molecule has 3 aromatic rings. The Hall–Kier alpha value is -2.65. The first-order valence-electron chi connectivity index (χ1n) is 8.80. The molecule has 0 heterocycles. The molecule has 0 aliphatic heterocycles. The molecule has 1 amide bonds. The number of rotatable bonds is 7. The number of nitrogens with zero attached hydrogens (tertiary/aromatic N) is 1. The smallest absolute Gasteiger partial charge is 0.271 e. The topological polar surface area (TPSA) is 59.9 Å². The molecule has 0 fully saturated rings. The van der Waals surface area contributed by atoms with Crippen LogP contribution in [0, 0.1) is 9.39 Å². The number of ether oxygens (including phenoxy) is 2. The molecule has 0 saturated heterocycles. The second kappa shape index (κ2) is 10.4. The maximum absolute atomic E-state index is 13.3. The van der Waals surface area contributed by atoms with Crippen molar-refractivity contribution < 1.29 is 18.7 Å². The van der Waals surface area contributed by atoms with Crippen molar-refractivity contribution in [3.63, 3.8) is 0 Å². The summed E-state index contributed by atoms with van der Waals surface area (Å²) in [7, 11) is 1.53. The Bertz CT molecular complexity index is 1070. The Morgan fingerprint density at radius 2 is 1.97 bits per heavy atom. The minimum absolute atomic E-state index is 0.203. The molecule has 0 aliphatic carbocycles. The molecule has 8 heteroatoms. The second-order valence-corrected chi connectivity index (χ2v) is 7.76. The van der Waals surface area contributed by atoms with Gasteiger partial charge in [-0.15, -0.1) is 0 Å². The lowest BCUT2D eigenvalue weighted by Gasteiger charge is -2.13. The summed E-state index contributed by atoms with van der Waals surface area (Å²) in [4.78, 5) is 12.1. The number of hydrazone groups is 1. The van der Waals surface area contributed by atoms with Gasteiger partial charge in [0.1, 0.15) is 12.4 Å². The highest BCUT2D eigenvalue weighted by molar-refractivity contribution is 14.1. The maximum Gasteiger partial charge on any atom is 0.271 e. The van der Waals surface area contributed by atoms with Crippen LogP contribution < -0.4 is 14.9 Å². The lowest BCUT2D eigenvalue weighted by Crippen LogP contribution is -2.17. The van der Waals surface area contributed by atoms with Crippen LogP contribution in [0.4, 0.5) is 4.39 Å². The Balaban J connectivity index is 1.69. The third kappa shape index (κ3) is 5.93. The number of carbonyl (C=O) groups is 1. The van der Waals surface area contributed by atoms with E-state index in [-0.39, 0.29) is 18.3 Å². The Morgan fingerprint density at radius 3 is 2.67 bits per heavy atom. The number of methoxy groups -OCH3 is 1. The van der Waals surface area contributed by atoms with E-state index in [1.54, 1.807) is 42.5 Å². The molecule has 3 rings (SSSR count). The molecule has 0 spiro atoms. The van der Waals surface area contributed by atoms with Crippen LogP contribution in [0.3, 0.4) is 0 Å². The minimum Gasteiger partial charge on any atom is -0.493 e. The predicted octanol–water partition coefficient (Wildman–Crippen LogP) is 5.44. The number of halogens is 3. The quantitative estimate of drug-likeness (QED) is 0.248. The van der Waals surface area contributed by atoms with E-state index < -0.39 is 0 Å². The van der Waals surface area contributed by atoms with Gasteiger partial charge in [-0.25, -0.2) is 9.82 Å². The van der Waals surface area contributed by atoms with Crippen molar-refractivity contribution in [3.05, 3.63) is 91.8 Å². The van der Waals surface area contributed by atoms with Gasteiger partial charge in [0.2, 0.25) is 0 Å². The van der Waals surface area contributed by atoms with E-state index in [4.69, 9.17) is 21.1 Å². The van der Waals surface area contributed by atoms with Crippen LogP contribution in [0.5, 0.6) is 11.5 Å². The van der Waals surface area contributed by atoms with Crippen LogP contribution in [0.15, 0.2) is 65.8 Å². The van der Waals surface area contributed by atoms with Crippen molar-refractivity contribution >= 4 is 46.3 Å². The van der Waals surface area contributed by atoms with Crippen molar-refractivity contribution in [2.45, 2.75) is 6.61 Å². The molecule has 0 aliphatic rings. The van der Waals surface area contributed by atoms with E-state index >= 15 is 0 Å². The molecule has 0 saturated carbocycles. The molecule has 5 nitrogen and oxygen atoms in total. The van der Waals surface area contributed by atoms with Crippen molar-refractivity contribution in [1.82, 2.24) is 5.43 Å². The van der Waals surface area contributed by atoms with E-state index in [0.717, 1.165) is 3.57 Å². The van der Waals surface area contributed by atoms with E-state index in [2.05, 4.69) is 33.1 Å². The number of amides is 1. The average molecular weight is 539 g/mol. The third-order valence-corrected chi connectivity index (χ3v) is 5.06. The molecular weight excluding hydrogens is 522 g/mol. The summed E-state index contributed by atoms with van der Waals surface area (Å²) in [6.45, 7) is 0.203. The summed E-state index contributed by atoms with van der Waals surface area (Å²) in [5.41, 5.74) is 4.34. The number of nitrogens with one attached hydrogen (secondary N) is 1. The molecule has 30 heavy (non-hydrogen) atoms. The first-order chi connectivity index (χ1) is 14.5. The largest absolute Gasteiger partial charge is 0.493 e. The zero-order valence-electron chi connectivity index (χ0n) is 15.9. The highest BCUT2D eigenvalue weighted by atomic mass is 127. The fourth-order valence-electron chi connectivity index (χ4n) is 2.57. The summed E-state index contributed by atoms with van der Waals surface area (Å²) in [6, 6.07) is 16.3. The van der Waals surface area contributed by atoms with Crippen molar-refractivity contribution in [2.24, 2.45) is 5.10 Å². The van der Waals surface area contributed by atoms with Gasteiger partial charge in [-0.05, 0) is 82.2 Å². The molecule has 3 aromatic carbocycles. The highest BCUT2D eigenvalue weighted by Crippen LogP contribution is 2.34. The average Bonchev–Trinajstić information content (AvgIpc) is 2.73. The van der Waals surface area contributed by atoms with E-state index in [0.29, 0.717) is 33.2 Å². The van der Waals surface area contributed by atoms with Gasteiger partial charge in [0, 0.05) is 10.6 Å². The number of benzene rings is 3. The maximum atomic E-state index is 13.3. The third-order valence-electron chi connectivity index (χ3n) is 4.01. The van der Waals surface area contributed by atoms with E-state index in [1.807, 2.05) is 6.07 Å². The summed E-state index contributed by atoms with van der Waals surface area (Å²) < 4.78 is 25.4. The molecular formula is C22H17ClFIN2O3. The summed E-state index contributed by atoms with van der Waals surface area (Å²) >= 11 is 7.94. The van der Waals surface area contributed by atoms with Crippen LogP contribution in [-0.4, -0.2) is 19.2 Å². The Kier molecular flexibility index (Phi) is 7.64. The molecule has 0 unspecified atom stereocenters. The standard InChI is InChI=1S/C22H17ClFIN2O3/c1-29-20-11-15(12-26-27-22(28)16-5-7-17(23)8-6-16)10-19(25)21(20)30-13-14-3-2-4-18(24)9-14/h2-12H,13H2,1H3,(H,27,28)/b26-12-. The van der Waals surface area contributed by atoms with E-state index in [9.17, 15) is 9.18 Å². The van der Waals surface area contributed by atoms with Gasteiger partial charge in [0.25, 0.3) is 5.91 Å². The predicted molar refractivity (Wildman–Crippen MR) is 123 cm³/mol. The van der Waals surface area contributed by atoms with Gasteiger partial charge in [0.15, 0.2) is 11.5 Å². The monoisotopic (exact) mass is 538 g/mol. The van der Waals surface area contributed by atoms with Gasteiger partial charge in [-0.3, -0.25) is 4.79 Å². The number of carbonyl (C=O) groups excluding carboxylic acids is 1. The normalized spacial score (nSPS) is 10.8. The first kappa shape index (κ1) is 22.0. The Morgan fingerprint density at radius 1 is 1.20 bits per heavy atom. The van der Waals surface area contributed by atoms with Crippen LogP contribution >= 0.6 is 34.2 Å². The molecule has 1 N–H and O–H groups in total. The zero-order chi connectivity index (χ0) is 21.5. The Labute approximate surface area is 192 Å². The highest BCUT2D eigenvalue weighted by Gasteiger charge is 2.12. The fraction of sp³-hybridized carbons (Fsp3) is 0.0909. The molecule has 0 atom stereocenters. The zero-order valence-corrected chi connectivity index (χ0v) is 18.8. The summed E-state index contributed by atoms with van der Waals surface area (Å²) in [6.07, 6.45) is 1.51. The lowest BCUT2D eigenvalue weighted by atomic mass is 10.2. The van der Waals surface area contributed by atoms with Crippen LogP contribution in [0.2, 0.25) is 5.02 Å². The first-order valence-corrected chi connectivity index (χ1v) is 10.3. The molecule has 0 bridgehead atoms. The van der Waals surface area contributed by atoms with Gasteiger partial charge < -0.3 is 9.47 Å². The number of hydrogen-bond donors (Lipinski definition) is 1. The lowest BCUT2D eigenvalue weighted by molar-refractivity contribution is 0.0955. The summed E-state index contributed by atoms with van der Waals surface area (Å²) in [5.74, 6) is 0.387. The van der Waals surface area contributed by atoms with Crippen LogP contribution in [0.25, 0.3) is 0 Å². The minimum atomic E-state index is -0.348. The van der Waals surface area contributed by atoms with Gasteiger partial charge in [0.05, 0.1) is 16.9 Å². The number of hydrogen-bond acceptors (Lipinski definition) is 4. The van der Waals surface area contributed by atoms with Crippen LogP contribution in [-0.2, 0) is 6.61 Å². The molecule has 0 radical (unpaired) electrons. The van der Waals surface area contributed by atoms with E-state index in [1.165, 1.54) is 25.5 Å². The van der Waals surface area contributed by atoms with Gasteiger partial charge >= 0.3 is 0 Å². The van der Waals surface area contributed by atoms with Crippen molar-refractivity contribution in [1.29, 1.82) is 0 Å². The van der Waals surface area contributed by atoms with Crippen molar-refractivity contribution in [2.75, 3.05) is 7.11 Å². The molecule has 154 valence electrons. The van der Waals surface area contributed by atoms with Crippen LogP contribution in [0.1, 0.15) is 21.5 Å². The second-order valence-electron chi connectivity index (χ2n) is 6.16. The SMILES string of the molecule is COc1cc(/C=N\NC(=O)c2ccc(Cl)cc2)cc(I)c1OCc1cccc(F)c1.